The normalized spacial score (nSPS) is 32.8. The first-order valence-electron chi connectivity index (χ1n) is 6.98. The Morgan fingerprint density at radius 3 is 2.71 bits per heavy atom. The van der Waals surface area contributed by atoms with E-state index in [1.54, 1.807) is 0 Å². The number of ether oxygens (including phenoxy) is 1. The second kappa shape index (κ2) is 6.69. The van der Waals surface area contributed by atoms with Crippen molar-refractivity contribution in [1.82, 2.24) is 15.1 Å². The Hall–Kier alpha value is -0.160. The third-order valence-electron chi connectivity index (χ3n) is 4.07. The topological polar surface area (TPSA) is 27.7 Å². The van der Waals surface area contributed by atoms with Crippen molar-refractivity contribution < 1.29 is 4.74 Å². The first kappa shape index (κ1) is 13.3. The van der Waals surface area contributed by atoms with E-state index in [-0.39, 0.29) is 0 Å². The number of likely N-dealkylation sites (N-methyl/N-ethyl adjacent to an activating group) is 1. The Kier molecular flexibility index (Phi) is 5.22. The fraction of sp³-hybridized carbons (Fsp3) is 1.00. The van der Waals surface area contributed by atoms with Crippen LogP contribution in [0.15, 0.2) is 0 Å². The van der Waals surface area contributed by atoms with Crippen molar-refractivity contribution in [3.05, 3.63) is 0 Å². The van der Waals surface area contributed by atoms with E-state index in [9.17, 15) is 0 Å². The molecule has 0 aromatic heterocycles. The van der Waals surface area contributed by atoms with Crippen molar-refractivity contribution >= 4 is 0 Å². The van der Waals surface area contributed by atoms with Gasteiger partial charge in [-0.1, -0.05) is 6.92 Å². The van der Waals surface area contributed by atoms with E-state index in [0.717, 1.165) is 19.8 Å². The summed E-state index contributed by atoms with van der Waals surface area (Å²) in [5, 5.41) is 3.69. The van der Waals surface area contributed by atoms with E-state index in [0.29, 0.717) is 12.0 Å². The summed E-state index contributed by atoms with van der Waals surface area (Å²) in [5.74, 6) is 0.663. The molecule has 2 saturated heterocycles. The minimum absolute atomic E-state index is 0.663. The third kappa shape index (κ3) is 4.21. The van der Waals surface area contributed by atoms with Gasteiger partial charge in [-0.2, -0.15) is 0 Å². The van der Waals surface area contributed by atoms with E-state index in [4.69, 9.17) is 4.74 Å². The van der Waals surface area contributed by atoms with Gasteiger partial charge in [-0.25, -0.2) is 0 Å². The molecule has 4 heteroatoms. The van der Waals surface area contributed by atoms with Crippen LogP contribution >= 0.6 is 0 Å². The zero-order valence-electron chi connectivity index (χ0n) is 11.3. The summed E-state index contributed by atoms with van der Waals surface area (Å²) in [6.45, 7) is 11.3. The molecule has 0 bridgehead atoms. The van der Waals surface area contributed by atoms with Gasteiger partial charge in [0.05, 0.1) is 6.61 Å². The van der Waals surface area contributed by atoms with Crippen molar-refractivity contribution in [2.75, 3.05) is 59.5 Å². The number of nitrogens with one attached hydrogen (secondary N) is 1. The molecule has 0 radical (unpaired) electrons. The summed E-state index contributed by atoms with van der Waals surface area (Å²) in [6.07, 6.45) is 1.17. The van der Waals surface area contributed by atoms with Crippen molar-refractivity contribution in [1.29, 1.82) is 0 Å². The van der Waals surface area contributed by atoms with Crippen LogP contribution in [0.5, 0.6) is 0 Å². The molecule has 0 saturated carbocycles. The number of rotatable bonds is 4. The molecule has 4 nitrogen and oxygen atoms in total. The van der Waals surface area contributed by atoms with Gasteiger partial charge < -0.3 is 15.0 Å². The highest BCUT2D eigenvalue weighted by atomic mass is 16.5. The van der Waals surface area contributed by atoms with Gasteiger partial charge >= 0.3 is 0 Å². The van der Waals surface area contributed by atoms with Gasteiger partial charge in [0.1, 0.15) is 0 Å². The standard InChI is InChI=1S/C13H27N3O/c1-12-11-17-10-3-13(12)14-4-5-16-8-6-15(2)7-9-16/h12-14H,3-11H2,1-2H3. The van der Waals surface area contributed by atoms with Crippen LogP contribution < -0.4 is 5.32 Å². The molecule has 17 heavy (non-hydrogen) atoms. The zero-order chi connectivity index (χ0) is 12.1. The van der Waals surface area contributed by atoms with Crippen molar-refractivity contribution in [3.63, 3.8) is 0 Å². The summed E-state index contributed by atoms with van der Waals surface area (Å²) < 4.78 is 5.46. The molecule has 0 aromatic carbocycles. The van der Waals surface area contributed by atoms with Crippen LogP contribution in [0, 0.1) is 5.92 Å². The van der Waals surface area contributed by atoms with Gasteiger partial charge in [0.2, 0.25) is 0 Å². The van der Waals surface area contributed by atoms with Gasteiger partial charge in [0.25, 0.3) is 0 Å². The summed E-state index contributed by atoms with van der Waals surface area (Å²) in [5.41, 5.74) is 0. The molecular weight excluding hydrogens is 214 g/mol. The van der Waals surface area contributed by atoms with Gasteiger partial charge in [-0.05, 0) is 19.4 Å². The molecule has 2 rings (SSSR count). The second-order valence-electron chi connectivity index (χ2n) is 5.55. The van der Waals surface area contributed by atoms with Crippen LogP contribution in [0.3, 0.4) is 0 Å². The molecule has 2 aliphatic heterocycles. The van der Waals surface area contributed by atoms with Gasteiger partial charge in [-0.3, -0.25) is 4.90 Å². The Morgan fingerprint density at radius 1 is 1.24 bits per heavy atom. The maximum atomic E-state index is 5.46. The Morgan fingerprint density at radius 2 is 2.00 bits per heavy atom. The summed E-state index contributed by atoms with van der Waals surface area (Å²) >= 11 is 0. The molecule has 0 aromatic rings. The molecule has 0 amide bonds. The predicted octanol–water partition coefficient (Wildman–Crippen LogP) is 0.248. The molecule has 0 aliphatic carbocycles. The molecule has 1 N–H and O–H groups in total. The fourth-order valence-corrected chi connectivity index (χ4v) is 2.66. The summed E-state index contributed by atoms with van der Waals surface area (Å²) in [6, 6.07) is 0.663. The van der Waals surface area contributed by atoms with Crippen molar-refractivity contribution in [2.24, 2.45) is 5.92 Å². The second-order valence-corrected chi connectivity index (χ2v) is 5.55. The first-order valence-corrected chi connectivity index (χ1v) is 6.98. The van der Waals surface area contributed by atoms with Crippen molar-refractivity contribution in [2.45, 2.75) is 19.4 Å². The Balaban J connectivity index is 1.59. The predicted molar refractivity (Wildman–Crippen MR) is 70.3 cm³/mol. The van der Waals surface area contributed by atoms with Gasteiger partial charge in [-0.15, -0.1) is 0 Å². The fourth-order valence-electron chi connectivity index (χ4n) is 2.66. The van der Waals surface area contributed by atoms with Crippen LogP contribution in [-0.2, 0) is 4.74 Å². The maximum Gasteiger partial charge on any atom is 0.0506 e. The molecule has 2 fully saturated rings. The summed E-state index contributed by atoms with van der Waals surface area (Å²) in [7, 11) is 2.21. The van der Waals surface area contributed by atoms with E-state index >= 15 is 0 Å². The lowest BCUT2D eigenvalue weighted by Crippen LogP contribution is -2.48. The largest absolute Gasteiger partial charge is 0.381 e. The average molecular weight is 241 g/mol. The number of hydrogen-bond acceptors (Lipinski definition) is 4. The average Bonchev–Trinajstić information content (AvgIpc) is 2.34. The Bertz CT molecular complexity index is 217. The van der Waals surface area contributed by atoms with Crippen LogP contribution in [0.4, 0.5) is 0 Å². The minimum Gasteiger partial charge on any atom is -0.381 e. The van der Waals surface area contributed by atoms with Crippen LogP contribution in [-0.4, -0.2) is 75.4 Å². The van der Waals surface area contributed by atoms with Gasteiger partial charge in [0, 0.05) is 51.9 Å². The van der Waals surface area contributed by atoms with Crippen molar-refractivity contribution in [3.8, 4) is 0 Å². The quantitative estimate of drug-likeness (QED) is 0.763. The highest BCUT2D eigenvalue weighted by Crippen LogP contribution is 2.13. The lowest BCUT2D eigenvalue weighted by Gasteiger charge is -2.34. The highest BCUT2D eigenvalue weighted by molar-refractivity contribution is 4.77. The van der Waals surface area contributed by atoms with Gasteiger partial charge in [0.15, 0.2) is 0 Å². The molecule has 2 heterocycles. The smallest absolute Gasteiger partial charge is 0.0506 e. The molecule has 0 spiro atoms. The molecular formula is C13H27N3O. The Labute approximate surface area is 105 Å². The monoisotopic (exact) mass is 241 g/mol. The first-order chi connectivity index (χ1) is 8.25. The molecule has 2 atom stereocenters. The number of piperazine rings is 1. The van der Waals surface area contributed by atoms with E-state index < -0.39 is 0 Å². The van der Waals surface area contributed by atoms with Crippen LogP contribution in [0.25, 0.3) is 0 Å². The minimum atomic E-state index is 0.663. The zero-order valence-corrected chi connectivity index (χ0v) is 11.3. The van der Waals surface area contributed by atoms with Crippen LogP contribution in [0.1, 0.15) is 13.3 Å². The van der Waals surface area contributed by atoms with Crippen LogP contribution in [0.2, 0.25) is 0 Å². The number of nitrogens with zero attached hydrogens (tertiary/aromatic N) is 2. The molecule has 2 unspecified atom stereocenters. The van der Waals surface area contributed by atoms with E-state index in [2.05, 4.69) is 29.1 Å². The maximum absolute atomic E-state index is 5.46. The highest BCUT2D eigenvalue weighted by Gasteiger charge is 2.21. The van der Waals surface area contributed by atoms with E-state index in [1.165, 1.54) is 39.1 Å². The molecule has 2 aliphatic rings. The SMILES string of the molecule is CC1COCCC1NCCN1CCN(C)CC1. The van der Waals surface area contributed by atoms with E-state index in [1.807, 2.05) is 0 Å². The lowest BCUT2D eigenvalue weighted by molar-refractivity contribution is 0.0380. The number of hydrogen-bond donors (Lipinski definition) is 1. The lowest BCUT2D eigenvalue weighted by atomic mass is 9.98. The summed E-state index contributed by atoms with van der Waals surface area (Å²) in [4.78, 5) is 4.97. The molecule has 100 valence electrons. The third-order valence-corrected chi connectivity index (χ3v) is 4.07.